The number of hydrogen-bond donors (Lipinski definition) is 1. The van der Waals surface area contributed by atoms with Crippen molar-refractivity contribution in [2.24, 2.45) is 0 Å². The summed E-state index contributed by atoms with van der Waals surface area (Å²) in [6.07, 6.45) is 0. The van der Waals surface area contributed by atoms with E-state index in [1.54, 1.807) is 0 Å². The van der Waals surface area contributed by atoms with Crippen LogP contribution in [-0.4, -0.2) is 23.1 Å². The lowest BCUT2D eigenvalue weighted by Crippen LogP contribution is -2.28. The quantitative estimate of drug-likeness (QED) is 0.700. The zero-order valence-electron chi connectivity index (χ0n) is 9.73. The Morgan fingerprint density at radius 2 is 1.94 bits per heavy atom. The van der Waals surface area contributed by atoms with Gasteiger partial charge in [-0.1, -0.05) is 12.1 Å². The molecule has 2 heterocycles. The molecule has 0 saturated heterocycles. The van der Waals surface area contributed by atoms with E-state index in [4.69, 9.17) is 4.65 Å². The minimum Gasteiger partial charge on any atom is -0.423 e. The molecule has 1 aromatic rings. The van der Waals surface area contributed by atoms with Gasteiger partial charge in [0.25, 0.3) is 0 Å². The average molecular weight is 217 g/mol. The van der Waals surface area contributed by atoms with Crippen molar-refractivity contribution >= 4 is 12.6 Å². The van der Waals surface area contributed by atoms with Gasteiger partial charge in [-0.25, -0.2) is 0 Å². The molecule has 0 aromatic heterocycles. The van der Waals surface area contributed by atoms with Crippen LogP contribution < -0.4 is 5.46 Å². The summed E-state index contributed by atoms with van der Waals surface area (Å²) in [6, 6.07) is 4.89. The van der Waals surface area contributed by atoms with Crippen molar-refractivity contribution in [3.63, 3.8) is 0 Å². The average Bonchev–Trinajstić information content (AvgIpc) is 2.80. The first-order valence-corrected chi connectivity index (χ1v) is 5.83. The van der Waals surface area contributed by atoms with Crippen molar-refractivity contribution in [1.29, 1.82) is 0 Å². The van der Waals surface area contributed by atoms with Crippen LogP contribution in [0.25, 0.3) is 0 Å². The van der Waals surface area contributed by atoms with Gasteiger partial charge in [-0.05, 0) is 36.0 Å². The molecule has 16 heavy (non-hydrogen) atoms. The van der Waals surface area contributed by atoms with Gasteiger partial charge in [-0.2, -0.15) is 0 Å². The molecule has 84 valence electrons. The molecule has 1 aromatic carbocycles. The minimum atomic E-state index is -0.714. The molecule has 0 saturated carbocycles. The fourth-order valence-corrected chi connectivity index (χ4v) is 2.53. The topological polar surface area (TPSA) is 32.7 Å². The van der Waals surface area contributed by atoms with Crippen LogP contribution in [0, 0.1) is 0 Å². The molecule has 4 heteroatoms. The van der Waals surface area contributed by atoms with Gasteiger partial charge in [0.2, 0.25) is 0 Å². The predicted molar refractivity (Wildman–Crippen MR) is 63.2 cm³/mol. The van der Waals surface area contributed by atoms with Crippen molar-refractivity contribution < 1.29 is 9.68 Å². The lowest BCUT2D eigenvalue weighted by atomic mass is 9.78. The maximum atomic E-state index is 9.65. The summed E-state index contributed by atoms with van der Waals surface area (Å²) in [6.45, 7) is 7.00. The van der Waals surface area contributed by atoms with Crippen LogP contribution in [-0.2, 0) is 24.4 Å². The van der Waals surface area contributed by atoms with E-state index in [-0.39, 0.29) is 0 Å². The van der Waals surface area contributed by atoms with E-state index >= 15 is 0 Å². The van der Waals surface area contributed by atoms with Gasteiger partial charge in [-0.15, -0.1) is 0 Å². The Morgan fingerprint density at radius 1 is 1.25 bits per heavy atom. The zero-order chi connectivity index (χ0) is 11.3. The molecule has 0 radical (unpaired) electrons. The van der Waals surface area contributed by atoms with Gasteiger partial charge in [0.05, 0.1) is 6.61 Å². The first-order valence-electron chi connectivity index (χ1n) is 5.83. The molecule has 3 nitrogen and oxygen atoms in total. The van der Waals surface area contributed by atoms with Crippen LogP contribution in [0.4, 0.5) is 0 Å². The lowest BCUT2D eigenvalue weighted by Gasteiger charge is -2.18. The van der Waals surface area contributed by atoms with E-state index in [1.165, 1.54) is 11.1 Å². The third-order valence-electron chi connectivity index (χ3n) is 3.60. The van der Waals surface area contributed by atoms with Gasteiger partial charge in [0.15, 0.2) is 0 Å². The Bertz CT molecular complexity index is 433. The third kappa shape index (κ3) is 1.49. The first kappa shape index (κ1) is 10.3. The van der Waals surface area contributed by atoms with Gasteiger partial charge in [-0.3, -0.25) is 4.90 Å². The van der Waals surface area contributed by atoms with Gasteiger partial charge in [0, 0.05) is 19.1 Å². The molecule has 2 aliphatic heterocycles. The van der Waals surface area contributed by atoms with Crippen molar-refractivity contribution in [2.45, 2.75) is 39.6 Å². The van der Waals surface area contributed by atoms with E-state index in [2.05, 4.69) is 30.9 Å². The summed E-state index contributed by atoms with van der Waals surface area (Å²) in [5, 5.41) is 9.65. The fraction of sp³-hybridized carbons (Fsp3) is 0.500. The van der Waals surface area contributed by atoms with Crippen LogP contribution >= 0.6 is 0 Å². The van der Waals surface area contributed by atoms with Crippen LogP contribution in [0.5, 0.6) is 0 Å². The van der Waals surface area contributed by atoms with Gasteiger partial charge >= 0.3 is 7.12 Å². The molecule has 3 rings (SSSR count). The van der Waals surface area contributed by atoms with Crippen LogP contribution in [0.2, 0.25) is 0 Å². The highest BCUT2D eigenvalue weighted by molar-refractivity contribution is 6.61. The monoisotopic (exact) mass is 217 g/mol. The van der Waals surface area contributed by atoms with Gasteiger partial charge in [0.1, 0.15) is 0 Å². The summed E-state index contributed by atoms with van der Waals surface area (Å²) < 4.78 is 5.22. The second-order valence-electron chi connectivity index (χ2n) is 4.98. The Labute approximate surface area is 96.2 Å². The summed E-state index contributed by atoms with van der Waals surface area (Å²) in [4.78, 5) is 2.44. The predicted octanol–water partition coefficient (Wildman–Crippen LogP) is 0.628. The molecule has 2 aliphatic rings. The minimum absolute atomic E-state index is 0.547. The Kier molecular flexibility index (Phi) is 2.31. The molecule has 0 unspecified atom stereocenters. The Morgan fingerprint density at radius 3 is 2.62 bits per heavy atom. The highest BCUT2D eigenvalue weighted by atomic mass is 16.5. The van der Waals surface area contributed by atoms with Crippen molar-refractivity contribution in [3.8, 4) is 0 Å². The molecule has 0 amide bonds. The SMILES string of the molecule is CC(C)N1Cc2cc3c(cc2C1)B(O)OC3. The van der Waals surface area contributed by atoms with Crippen LogP contribution in [0.1, 0.15) is 30.5 Å². The maximum Gasteiger partial charge on any atom is 0.491 e. The molecule has 0 aliphatic carbocycles. The number of fused-ring (bicyclic) bond motifs is 2. The largest absolute Gasteiger partial charge is 0.491 e. The number of hydrogen-bond acceptors (Lipinski definition) is 3. The number of benzene rings is 1. The molecule has 0 bridgehead atoms. The van der Waals surface area contributed by atoms with E-state index in [0.29, 0.717) is 12.6 Å². The second kappa shape index (κ2) is 3.59. The van der Waals surface area contributed by atoms with Crippen LogP contribution in [0.15, 0.2) is 12.1 Å². The first-order chi connectivity index (χ1) is 7.65. The summed E-state index contributed by atoms with van der Waals surface area (Å²) in [7, 11) is -0.714. The van der Waals surface area contributed by atoms with E-state index in [1.807, 2.05) is 0 Å². The summed E-state index contributed by atoms with van der Waals surface area (Å²) in [5.74, 6) is 0. The number of rotatable bonds is 1. The molecular weight excluding hydrogens is 201 g/mol. The van der Waals surface area contributed by atoms with Crippen LogP contribution in [0.3, 0.4) is 0 Å². The molecule has 0 atom stereocenters. The van der Waals surface area contributed by atoms with Crippen molar-refractivity contribution in [2.75, 3.05) is 0 Å². The van der Waals surface area contributed by atoms with E-state index in [0.717, 1.165) is 24.1 Å². The van der Waals surface area contributed by atoms with Crippen molar-refractivity contribution in [3.05, 3.63) is 28.8 Å². The standard InChI is InChI=1S/C12H16BNO2/c1-8(2)14-5-9-3-11-7-16-13(15)12(11)4-10(9)6-14/h3-4,8,15H,5-7H2,1-2H3. The Hall–Kier alpha value is -0.835. The molecule has 0 fully saturated rings. The fourth-order valence-electron chi connectivity index (χ4n) is 2.53. The molecule has 0 spiro atoms. The number of nitrogens with zero attached hydrogens (tertiary/aromatic N) is 1. The van der Waals surface area contributed by atoms with Crippen molar-refractivity contribution in [1.82, 2.24) is 4.90 Å². The lowest BCUT2D eigenvalue weighted by molar-refractivity contribution is 0.227. The normalized spacial score (nSPS) is 19.4. The molecular formula is C12H16BNO2. The third-order valence-corrected chi connectivity index (χ3v) is 3.60. The smallest absolute Gasteiger partial charge is 0.423 e. The Balaban J connectivity index is 1.96. The highest BCUT2D eigenvalue weighted by Crippen LogP contribution is 2.26. The van der Waals surface area contributed by atoms with E-state index in [9.17, 15) is 5.02 Å². The van der Waals surface area contributed by atoms with Gasteiger partial charge < -0.3 is 9.68 Å². The van der Waals surface area contributed by atoms with E-state index < -0.39 is 7.12 Å². The summed E-state index contributed by atoms with van der Waals surface area (Å²) >= 11 is 0. The molecule has 1 N–H and O–H groups in total. The maximum absolute atomic E-state index is 9.65. The summed E-state index contributed by atoms with van der Waals surface area (Å²) in [5.41, 5.74) is 4.85. The second-order valence-corrected chi connectivity index (χ2v) is 4.98. The highest BCUT2D eigenvalue weighted by Gasteiger charge is 2.31. The zero-order valence-corrected chi connectivity index (χ0v) is 9.73.